The summed E-state index contributed by atoms with van der Waals surface area (Å²) in [4.78, 5) is 47.5. The first-order valence-corrected chi connectivity index (χ1v) is 14.0. The third-order valence-corrected chi connectivity index (χ3v) is 9.60. The Morgan fingerprint density at radius 3 is 2.19 bits per heavy atom. The van der Waals surface area contributed by atoms with Crippen LogP contribution in [0.15, 0.2) is 44.8 Å². The molecule has 4 bridgehead atoms. The fourth-order valence-corrected chi connectivity index (χ4v) is 8.25. The number of nitrogens with one attached hydrogen (secondary N) is 1. The van der Waals surface area contributed by atoms with Crippen molar-refractivity contribution >= 4 is 11.0 Å². The molecule has 2 saturated heterocycles. The first-order chi connectivity index (χ1) is 18.0. The molecule has 6 atom stereocenters. The van der Waals surface area contributed by atoms with Gasteiger partial charge in [-0.1, -0.05) is 37.8 Å². The van der Waals surface area contributed by atoms with E-state index in [1.807, 2.05) is 28.8 Å². The number of hydrogen-bond acceptors (Lipinski definition) is 6. The lowest BCUT2D eigenvalue weighted by Crippen LogP contribution is -2.52. The summed E-state index contributed by atoms with van der Waals surface area (Å²) < 4.78 is 2.78. The van der Waals surface area contributed by atoms with E-state index in [-0.39, 0.29) is 17.4 Å². The second-order valence-corrected chi connectivity index (χ2v) is 11.8. The molecule has 4 aliphatic rings. The Morgan fingerprint density at radius 1 is 0.784 bits per heavy atom. The molecule has 0 spiro atoms. The highest BCUT2D eigenvalue weighted by Gasteiger charge is 2.47. The first kappa shape index (κ1) is 23.1. The molecule has 0 radical (unpaired) electrons. The highest BCUT2D eigenvalue weighted by atomic mass is 16.2. The lowest BCUT2D eigenvalue weighted by atomic mass is 9.76. The van der Waals surface area contributed by atoms with Gasteiger partial charge >= 0.3 is 5.69 Å². The summed E-state index contributed by atoms with van der Waals surface area (Å²) in [6.45, 7) is 0. The number of aromatic nitrogens is 5. The summed E-state index contributed by atoms with van der Waals surface area (Å²) >= 11 is 0. The Labute approximate surface area is 214 Å². The van der Waals surface area contributed by atoms with E-state index < -0.39 is 11.2 Å². The third kappa shape index (κ3) is 3.98. The maximum absolute atomic E-state index is 13.9. The highest BCUT2D eigenvalue weighted by molar-refractivity contribution is 5.75. The lowest BCUT2D eigenvalue weighted by Gasteiger charge is -2.48. The van der Waals surface area contributed by atoms with Gasteiger partial charge in [0.15, 0.2) is 0 Å². The Kier molecular flexibility index (Phi) is 5.64. The Balaban J connectivity index is 1.25. The molecule has 2 saturated carbocycles. The Bertz CT molecular complexity index is 1480. The normalized spacial score (nSPS) is 31.9. The van der Waals surface area contributed by atoms with Crippen LogP contribution in [0.5, 0.6) is 0 Å². The molecule has 1 aromatic carbocycles. The average Bonchev–Trinajstić information content (AvgIpc) is 3.04. The molecule has 9 heteroatoms. The molecule has 2 unspecified atom stereocenters. The van der Waals surface area contributed by atoms with Crippen LogP contribution in [-0.4, -0.2) is 47.3 Å². The number of piperidine rings is 1. The van der Waals surface area contributed by atoms with Crippen molar-refractivity contribution in [3.05, 3.63) is 61.7 Å². The molecule has 1 N–H and O–H groups in total. The van der Waals surface area contributed by atoms with E-state index in [4.69, 9.17) is 0 Å². The van der Waals surface area contributed by atoms with Crippen molar-refractivity contribution in [3.63, 3.8) is 0 Å². The molecule has 4 fully saturated rings. The molecule has 3 aromatic rings. The van der Waals surface area contributed by atoms with Gasteiger partial charge in [-0.15, -0.1) is 0 Å². The molecule has 2 aromatic heterocycles. The van der Waals surface area contributed by atoms with Gasteiger partial charge in [-0.25, -0.2) is 9.78 Å². The molecular formula is C28H34N6O3. The molecule has 4 heterocycles. The van der Waals surface area contributed by atoms with Crippen molar-refractivity contribution in [3.8, 4) is 5.82 Å². The predicted octanol–water partition coefficient (Wildman–Crippen LogP) is 3.16. The minimum atomic E-state index is -0.757. The molecule has 194 valence electrons. The van der Waals surface area contributed by atoms with Gasteiger partial charge < -0.3 is 4.57 Å². The van der Waals surface area contributed by atoms with Crippen LogP contribution in [0.3, 0.4) is 0 Å². The van der Waals surface area contributed by atoms with Crippen LogP contribution in [0.1, 0.15) is 76.7 Å². The Morgan fingerprint density at radius 2 is 1.49 bits per heavy atom. The monoisotopic (exact) mass is 502 g/mol. The number of fused-ring (bicyclic) bond motifs is 5. The van der Waals surface area contributed by atoms with Crippen LogP contribution >= 0.6 is 0 Å². The quantitative estimate of drug-likeness (QED) is 0.590. The number of benzene rings is 1. The van der Waals surface area contributed by atoms with E-state index in [0.717, 1.165) is 41.1 Å². The van der Waals surface area contributed by atoms with Gasteiger partial charge in [-0.2, -0.15) is 9.78 Å². The van der Waals surface area contributed by atoms with E-state index >= 15 is 0 Å². The van der Waals surface area contributed by atoms with E-state index in [1.165, 1.54) is 57.8 Å². The fourth-order valence-electron chi connectivity index (χ4n) is 8.25. The van der Waals surface area contributed by atoms with Gasteiger partial charge in [-0.05, 0) is 68.9 Å². The van der Waals surface area contributed by atoms with Crippen molar-refractivity contribution in [2.75, 3.05) is 0 Å². The van der Waals surface area contributed by atoms with E-state index in [9.17, 15) is 14.4 Å². The van der Waals surface area contributed by atoms with Gasteiger partial charge in [0.05, 0.1) is 11.0 Å². The van der Waals surface area contributed by atoms with Crippen LogP contribution < -0.4 is 16.8 Å². The number of aromatic amines is 1. The van der Waals surface area contributed by atoms with Crippen LogP contribution in [0.25, 0.3) is 16.9 Å². The van der Waals surface area contributed by atoms with Crippen molar-refractivity contribution in [1.29, 1.82) is 0 Å². The zero-order valence-corrected chi connectivity index (χ0v) is 21.1. The summed E-state index contributed by atoms with van der Waals surface area (Å²) in [5.74, 6) is 1.72. The van der Waals surface area contributed by atoms with Crippen LogP contribution in [-0.2, 0) is 0 Å². The standard InChI is InChI=1S/C28H34N6O3/c35-25-16-29-34(28(37)31-25)26-27(36)33(24-8-4-3-7-23(24)30-26)22-14-19-9-10-20(15-22)32(19)21-12-17-5-1-2-6-18(11-17)13-21/h3-4,7-8,16-22H,1-2,5-6,9-15H2,(H,31,35,37)/t17-,18+,19-,20+,21?,22?. The number of rotatable bonds is 3. The summed E-state index contributed by atoms with van der Waals surface area (Å²) in [5.41, 5.74) is -0.262. The molecule has 37 heavy (non-hydrogen) atoms. The number of hydrogen-bond donors (Lipinski definition) is 1. The van der Waals surface area contributed by atoms with Crippen molar-refractivity contribution in [2.24, 2.45) is 11.8 Å². The molecule has 2 aliphatic carbocycles. The van der Waals surface area contributed by atoms with Gasteiger partial charge in [0.25, 0.3) is 11.1 Å². The zero-order valence-electron chi connectivity index (χ0n) is 21.1. The van der Waals surface area contributed by atoms with E-state index in [2.05, 4.69) is 20.0 Å². The predicted molar refractivity (Wildman–Crippen MR) is 140 cm³/mol. The minimum absolute atomic E-state index is 0.0391. The summed E-state index contributed by atoms with van der Waals surface area (Å²) in [6.07, 6.45) is 15.0. The summed E-state index contributed by atoms with van der Waals surface area (Å²) in [5, 5.41) is 3.93. The SMILES string of the molecule is O=c1cnn(-c2nc3ccccc3n(C3C[C@H]4CC[C@@H](C3)N4C3C[C@H]4CCCC[C@@H](C3)C4)c2=O)c(=O)[nH]1. The molecule has 7 rings (SSSR count). The van der Waals surface area contributed by atoms with Gasteiger partial charge in [0, 0.05) is 24.2 Å². The number of para-hydroxylation sites is 2. The van der Waals surface area contributed by atoms with Crippen LogP contribution in [0.4, 0.5) is 0 Å². The van der Waals surface area contributed by atoms with E-state index in [1.54, 1.807) is 0 Å². The van der Waals surface area contributed by atoms with Crippen molar-refractivity contribution < 1.29 is 0 Å². The summed E-state index contributed by atoms with van der Waals surface area (Å²) in [6, 6.07) is 9.32. The van der Waals surface area contributed by atoms with Gasteiger partial charge in [0.1, 0.15) is 6.20 Å². The van der Waals surface area contributed by atoms with Gasteiger partial charge in [0.2, 0.25) is 5.82 Å². The lowest BCUT2D eigenvalue weighted by molar-refractivity contribution is 0.0204. The van der Waals surface area contributed by atoms with Crippen molar-refractivity contribution in [1.82, 2.24) is 29.2 Å². The molecule has 0 amide bonds. The minimum Gasteiger partial charge on any atom is -0.300 e. The molecular weight excluding hydrogens is 468 g/mol. The van der Waals surface area contributed by atoms with Gasteiger partial charge in [-0.3, -0.25) is 19.5 Å². The molecule has 2 aliphatic heterocycles. The zero-order chi connectivity index (χ0) is 25.1. The fraction of sp³-hybridized carbons (Fsp3) is 0.607. The largest absolute Gasteiger partial charge is 0.351 e. The van der Waals surface area contributed by atoms with Crippen LogP contribution in [0.2, 0.25) is 0 Å². The number of H-pyrrole nitrogens is 1. The average molecular weight is 503 g/mol. The second-order valence-electron chi connectivity index (χ2n) is 11.8. The maximum atomic E-state index is 13.9. The van der Waals surface area contributed by atoms with E-state index in [0.29, 0.717) is 23.6 Å². The second kappa shape index (κ2) is 9.04. The van der Waals surface area contributed by atoms with Crippen LogP contribution in [0, 0.1) is 11.8 Å². The smallest absolute Gasteiger partial charge is 0.300 e. The molecule has 9 nitrogen and oxygen atoms in total. The maximum Gasteiger partial charge on any atom is 0.351 e. The highest BCUT2D eigenvalue weighted by Crippen LogP contribution is 2.47. The third-order valence-electron chi connectivity index (χ3n) is 9.60. The topological polar surface area (TPSA) is 106 Å². The summed E-state index contributed by atoms with van der Waals surface area (Å²) in [7, 11) is 0. The Hall–Kier alpha value is -3.07. The first-order valence-electron chi connectivity index (χ1n) is 14.0. The van der Waals surface area contributed by atoms with Crippen molar-refractivity contribution in [2.45, 2.75) is 94.8 Å². The number of nitrogens with zero attached hydrogens (tertiary/aromatic N) is 5.